The van der Waals surface area contributed by atoms with Crippen molar-refractivity contribution in [1.82, 2.24) is 5.32 Å². The molecule has 9 heteroatoms. The van der Waals surface area contributed by atoms with Crippen LogP contribution < -0.4 is 10.2 Å². The highest BCUT2D eigenvalue weighted by Gasteiger charge is 2.23. The zero-order valence-corrected chi connectivity index (χ0v) is 43.4. The Bertz CT molecular complexity index is 1230. The fourth-order valence-electron chi connectivity index (χ4n) is 7.52. The van der Waals surface area contributed by atoms with Crippen molar-refractivity contribution >= 4 is 13.7 Å². The van der Waals surface area contributed by atoms with Gasteiger partial charge in [-0.3, -0.25) is 9.36 Å². The monoisotopic (exact) mass is 919 g/mol. The second kappa shape index (κ2) is 46.3. The number of quaternary nitrogens is 1. The van der Waals surface area contributed by atoms with Crippen LogP contribution in [-0.2, 0) is 18.4 Å². The maximum Gasteiger partial charge on any atom is 0.268 e. The van der Waals surface area contributed by atoms with Gasteiger partial charge in [-0.2, -0.15) is 0 Å². The topological polar surface area (TPSA) is 108 Å². The Kier molecular flexibility index (Phi) is 45.0. The molecule has 64 heavy (non-hydrogen) atoms. The zero-order valence-electron chi connectivity index (χ0n) is 42.5. The van der Waals surface area contributed by atoms with E-state index in [1.165, 1.54) is 154 Å². The predicted molar refractivity (Wildman–Crippen MR) is 274 cm³/mol. The molecule has 0 fully saturated rings. The van der Waals surface area contributed by atoms with Crippen molar-refractivity contribution in [2.75, 3.05) is 40.9 Å². The van der Waals surface area contributed by atoms with E-state index in [2.05, 4.69) is 67.8 Å². The summed E-state index contributed by atoms with van der Waals surface area (Å²) >= 11 is 0. The number of phosphoric acid groups is 1. The number of allylic oxidation sites excluding steroid dienone is 9. The Balaban J connectivity index is 4.34. The first-order chi connectivity index (χ1) is 31.0. The molecule has 0 heterocycles. The summed E-state index contributed by atoms with van der Waals surface area (Å²) < 4.78 is 23.3. The number of unbranched alkanes of at least 4 members (excludes halogenated alkanes) is 27. The van der Waals surface area contributed by atoms with Gasteiger partial charge >= 0.3 is 0 Å². The number of nitrogens with zero attached hydrogens (tertiary/aromatic N) is 1. The van der Waals surface area contributed by atoms with E-state index in [0.717, 1.165) is 57.8 Å². The molecule has 1 amide bonds. The molecule has 0 spiro atoms. The third-order valence-electron chi connectivity index (χ3n) is 11.7. The Morgan fingerprint density at radius 2 is 0.969 bits per heavy atom. The van der Waals surface area contributed by atoms with E-state index in [-0.39, 0.29) is 12.5 Å². The highest BCUT2D eigenvalue weighted by atomic mass is 31.2. The van der Waals surface area contributed by atoms with Gasteiger partial charge in [0.1, 0.15) is 13.2 Å². The maximum absolute atomic E-state index is 12.9. The van der Waals surface area contributed by atoms with Crippen LogP contribution in [-0.4, -0.2) is 68.5 Å². The fraction of sp³-hybridized carbons (Fsp3) is 0.800. The standard InChI is InChI=1S/C55H103N2O6P/c1-6-8-10-12-14-16-18-20-22-24-26-28-30-32-34-36-38-40-42-44-46-48-54(58)53(52-63-64(60,61)62-51-50-57(3,4)5)56-55(59)49-47-45-43-41-39-37-35-33-31-29-27-25-23-21-19-17-15-13-11-9-7-2/h9,11,15,17,30,32,38,40,46,48,53-54,58H,6-8,10,12-14,16,18-29,31,33-37,39,41-45,47,49-52H2,1-5H3,(H-,56,59,60,61)/b11-9-,17-15-,32-30+,40-38+,48-46+. The van der Waals surface area contributed by atoms with Crippen LogP contribution in [0.5, 0.6) is 0 Å². The van der Waals surface area contributed by atoms with E-state index in [0.29, 0.717) is 17.4 Å². The highest BCUT2D eigenvalue weighted by Crippen LogP contribution is 2.38. The van der Waals surface area contributed by atoms with Crippen LogP contribution >= 0.6 is 7.82 Å². The summed E-state index contributed by atoms with van der Waals surface area (Å²) in [4.78, 5) is 25.4. The van der Waals surface area contributed by atoms with Gasteiger partial charge in [-0.05, 0) is 70.6 Å². The molecule has 0 radical (unpaired) electrons. The number of carbonyl (C=O) groups excluding carboxylic acids is 1. The van der Waals surface area contributed by atoms with E-state index in [1.807, 2.05) is 27.2 Å². The molecule has 8 nitrogen and oxygen atoms in total. The van der Waals surface area contributed by atoms with Crippen molar-refractivity contribution in [3.63, 3.8) is 0 Å². The summed E-state index contributed by atoms with van der Waals surface area (Å²) in [5, 5.41) is 13.8. The first-order valence-corrected chi connectivity index (χ1v) is 28.1. The molecule has 0 aliphatic carbocycles. The maximum atomic E-state index is 12.9. The van der Waals surface area contributed by atoms with E-state index < -0.39 is 26.6 Å². The van der Waals surface area contributed by atoms with Gasteiger partial charge in [-0.1, -0.05) is 216 Å². The van der Waals surface area contributed by atoms with Crippen molar-refractivity contribution in [1.29, 1.82) is 0 Å². The third kappa shape index (κ3) is 48.1. The van der Waals surface area contributed by atoms with Crippen LogP contribution in [0.15, 0.2) is 60.8 Å². The summed E-state index contributed by atoms with van der Waals surface area (Å²) in [7, 11) is 1.23. The van der Waals surface area contributed by atoms with Gasteiger partial charge in [0.15, 0.2) is 0 Å². The number of amides is 1. The number of aliphatic hydroxyl groups is 1. The minimum atomic E-state index is -4.61. The van der Waals surface area contributed by atoms with Crippen molar-refractivity contribution in [3.05, 3.63) is 60.8 Å². The van der Waals surface area contributed by atoms with E-state index in [1.54, 1.807) is 6.08 Å². The summed E-state index contributed by atoms with van der Waals surface area (Å²) in [6.07, 6.45) is 61.4. The third-order valence-corrected chi connectivity index (χ3v) is 12.7. The zero-order chi connectivity index (χ0) is 47.1. The van der Waals surface area contributed by atoms with Crippen LogP contribution in [0, 0.1) is 0 Å². The molecule has 2 N–H and O–H groups in total. The van der Waals surface area contributed by atoms with Crippen molar-refractivity contribution < 1.29 is 32.9 Å². The number of hydrogen-bond acceptors (Lipinski definition) is 6. The van der Waals surface area contributed by atoms with Crippen LogP contribution in [0.4, 0.5) is 0 Å². The number of phosphoric ester groups is 1. The first kappa shape index (κ1) is 62.2. The van der Waals surface area contributed by atoms with Crippen molar-refractivity contribution in [2.24, 2.45) is 0 Å². The molecule has 0 saturated carbocycles. The molecule has 3 unspecified atom stereocenters. The molecule has 0 aromatic rings. The SMILES string of the molecule is CC/C=C\C/C=C\CCCCCCCCCCCCCCCCC(=O)NC(COP(=O)([O-])OCC[N+](C)(C)C)C(O)/C=C/CC/C=C/CC/C=C/CCCCCCCCCCCCC. The van der Waals surface area contributed by atoms with Crippen LogP contribution in [0.25, 0.3) is 0 Å². The number of rotatable bonds is 48. The summed E-state index contributed by atoms with van der Waals surface area (Å²) in [5.41, 5.74) is 0. The molecule has 374 valence electrons. The number of likely N-dealkylation sites (N-methyl/N-ethyl adjacent to an activating group) is 1. The lowest BCUT2D eigenvalue weighted by molar-refractivity contribution is -0.870. The molecular formula is C55H103N2O6P. The Labute approximate surface area is 396 Å². The minimum Gasteiger partial charge on any atom is -0.756 e. The van der Waals surface area contributed by atoms with Gasteiger partial charge < -0.3 is 28.8 Å². The van der Waals surface area contributed by atoms with E-state index in [9.17, 15) is 19.4 Å². The second-order valence-corrected chi connectivity index (χ2v) is 20.6. The van der Waals surface area contributed by atoms with Crippen molar-refractivity contribution in [2.45, 2.75) is 244 Å². The lowest BCUT2D eigenvalue weighted by Gasteiger charge is -2.29. The Hall–Kier alpha value is -1.80. The average Bonchev–Trinajstić information content (AvgIpc) is 3.25. The lowest BCUT2D eigenvalue weighted by atomic mass is 10.0. The van der Waals surface area contributed by atoms with Gasteiger partial charge in [0, 0.05) is 6.42 Å². The Morgan fingerprint density at radius 3 is 1.44 bits per heavy atom. The fourth-order valence-corrected chi connectivity index (χ4v) is 8.24. The molecular weight excluding hydrogens is 816 g/mol. The van der Waals surface area contributed by atoms with Gasteiger partial charge in [0.05, 0.1) is 39.9 Å². The molecule has 0 aromatic carbocycles. The molecule has 0 aromatic heterocycles. The van der Waals surface area contributed by atoms with Gasteiger partial charge in [0.2, 0.25) is 5.91 Å². The quantitative estimate of drug-likeness (QED) is 0.0272. The first-order valence-electron chi connectivity index (χ1n) is 26.7. The lowest BCUT2D eigenvalue weighted by Crippen LogP contribution is -2.45. The number of carbonyl (C=O) groups is 1. The van der Waals surface area contributed by atoms with E-state index in [4.69, 9.17) is 9.05 Å². The minimum absolute atomic E-state index is 0.0102. The number of nitrogens with one attached hydrogen (secondary N) is 1. The van der Waals surface area contributed by atoms with E-state index >= 15 is 0 Å². The smallest absolute Gasteiger partial charge is 0.268 e. The molecule has 0 bridgehead atoms. The predicted octanol–water partition coefficient (Wildman–Crippen LogP) is 15.1. The molecule has 0 aliphatic rings. The van der Waals surface area contributed by atoms with Gasteiger partial charge in [0.25, 0.3) is 7.82 Å². The second-order valence-electron chi connectivity index (χ2n) is 19.2. The van der Waals surface area contributed by atoms with Gasteiger partial charge in [-0.25, -0.2) is 0 Å². The van der Waals surface area contributed by atoms with Crippen LogP contribution in [0.3, 0.4) is 0 Å². The molecule has 0 saturated heterocycles. The highest BCUT2D eigenvalue weighted by molar-refractivity contribution is 7.45. The molecule has 3 atom stereocenters. The largest absolute Gasteiger partial charge is 0.756 e. The molecule has 0 aliphatic heterocycles. The van der Waals surface area contributed by atoms with Crippen LogP contribution in [0.2, 0.25) is 0 Å². The summed E-state index contributed by atoms with van der Waals surface area (Å²) in [6.45, 7) is 4.53. The summed E-state index contributed by atoms with van der Waals surface area (Å²) in [5.74, 6) is -0.212. The van der Waals surface area contributed by atoms with Crippen molar-refractivity contribution in [3.8, 4) is 0 Å². The average molecular weight is 919 g/mol. The summed E-state index contributed by atoms with van der Waals surface area (Å²) in [6, 6.07) is -0.911. The normalized spacial score (nSPS) is 14.5. The van der Waals surface area contributed by atoms with Crippen LogP contribution in [0.1, 0.15) is 232 Å². The Morgan fingerprint density at radius 1 is 0.562 bits per heavy atom. The molecule has 0 rings (SSSR count). The number of hydrogen-bond donors (Lipinski definition) is 2. The number of aliphatic hydroxyl groups excluding tert-OH is 1. The van der Waals surface area contributed by atoms with Gasteiger partial charge in [-0.15, -0.1) is 0 Å².